The molecule has 0 bridgehead atoms. The van der Waals surface area contributed by atoms with E-state index in [-0.39, 0.29) is 11.7 Å². The number of nitrogens with one attached hydrogen (secondary N) is 1. The number of anilines is 1. The van der Waals surface area contributed by atoms with Gasteiger partial charge in [0.1, 0.15) is 0 Å². The van der Waals surface area contributed by atoms with Crippen molar-refractivity contribution in [2.45, 2.75) is 6.92 Å². The number of hydrogen-bond donors (Lipinski definition) is 2. The van der Waals surface area contributed by atoms with Gasteiger partial charge in [-0.25, -0.2) is 9.37 Å². The van der Waals surface area contributed by atoms with Crippen molar-refractivity contribution in [1.82, 2.24) is 10.3 Å². The highest BCUT2D eigenvalue weighted by molar-refractivity contribution is 5.73. The highest BCUT2D eigenvalue weighted by Gasteiger charge is 1.98. The summed E-state index contributed by atoms with van der Waals surface area (Å²) in [5, 5.41) is 2.58. The van der Waals surface area contributed by atoms with Crippen LogP contribution in [-0.4, -0.2) is 17.4 Å². The van der Waals surface area contributed by atoms with Crippen molar-refractivity contribution in [2.75, 3.05) is 12.3 Å². The van der Waals surface area contributed by atoms with E-state index in [2.05, 4.69) is 10.3 Å². The highest BCUT2D eigenvalue weighted by atomic mass is 19.1. The molecule has 0 unspecified atom stereocenters. The lowest BCUT2D eigenvalue weighted by Crippen LogP contribution is -2.19. The second-order valence-electron chi connectivity index (χ2n) is 2.98. The Bertz CT molecular complexity index is 390. The van der Waals surface area contributed by atoms with Crippen LogP contribution >= 0.6 is 0 Å². The van der Waals surface area contributed by atoms with Crippen molar-refractivity contribution in [3.05, 3.63) is 29.7 Å². The molecular formula is C10H12FN3O. The molecule has 0 aromatic carbocycles. The number of carbonyl (C=O) groups is 1. The average Bonchev–Trinajstić information content (AvgIpc) is 2.18. The molecule has 1 rings (SSSR count). The van der Waals surface area contributed by atoms with E-state index in [0.29, 0.717) is 12.1 Å². The van der Waals surface area contributed by atoms with Gasteiger partial charge >= 0.3 is 0 Å². The number of aromatic nitrogens is 1. The fourth-order valence-electron chi connectivity index (χ4n) is 0.952. The Kier molecular flexibility index (Phi) is 3.79. The van der Waals surface area contributed by atoms with Gasteiger partial charge in [0.25, 0.3) is 0 Å². The number of pyridine rings is 1. The van der Waals surface area contributed by atoms with Crippen molar-refractivity contribution in [3.8, 4) is 0 Å². The SMILES string of the molecule is CC(=O)NCC=Cc1cnc(N)c(F)c1. The summed E-state index contributed by atoms with van der Waals surface area (Å²) in [5.41, 5.74) is 5.82. The summed E-state index contributed by atoms with van der Waals surface area (Å²) in [4.78, 5) is 14.2. The van der Waals surface area contributed by atoms with E-state index in [0.717, 1.165) is 0 Å². The maximum absolute atomic E-state index is 12.9. The molecule has 5 heteroatoms. The van der Waals surface area contributed by atoms with E-state index in [4.69, 9.17) is 5.73 Å². The van der Waals surface area contributed by atoms with Gasteiger partial charge in [-0.15, -0.1) is 0 Å². The van der Waals surface area contributed by atoms with Gasteiger partial charge in [0.2, 0.25) is 5.91 Å². The number of nitrogen functional groups attached to an aromatic ring is 1. The third-order valence-electron chi connectivity index (χ3n) is 1.67. The maximum atomic E-state index is 12.9. The second kappa shape index (κ2) is 5.09. The predicted molar refractivity (Wildman–Crippen MR) is 56.3 cm³/mol. The number of nitrogens with two attached hydrogens (primary N) is 1. The Hall–Kier alpha value is -1.91. The van der Waals surface area contributed by atoms with Gasteiger partial charge in [0, 0.05) is 19.7 Å². The first-order valence-electron chi connectivity index (χ1n) is 4.41. The van der Waals surface area contributed by atoms with Gasteiger partial charge in [-0.05, 0) is 11.6 Å². The minimum Gasteiger partial charge on any atom is -0.381 e. The van der Waals surface area contributed by atoms with Gasteiger partial charge in [-0.3, -0.25) is 4.79 Å². The number of carbonyl (C=O) groups excluding carboxylic acids is 1. The maximum Gasteiger partial charge on any atom is 0.217 e. The van der Waals surface area contributed by atoms with Crippen LogP contribution in [0.5, 0.6) is 0 Å². The summed E-state index contributed by atoms with van der Waals surface area (Å²) in [6.45, 7) is 1.83. The first-order valence-corrected chi connectivity index (χ1v) is 4.41. The third-order valence-corrected chi connectivity index (χ3v) is 1.67. The zero-order chi connectivity index (χ0) is 11.3. The standard InChI is InChI=1S/C10H12FN3O/c1-7(15)13-4-2-3-8-5-9(11)10(12)14-6-8/h2-3,5-6H,4H2,1H3,(H2,12,14)(H,13,15). The van der Waals surface area contributed by atoms with Crippen LogP contribution in [0.15, 0.2) is 18.3 Å². The average molecular weight is 209 g/mol. The summed E-state index contributed by atoms with van der Waals surface area (Å²) >= 11 is 0. The van der Waals surface area contributed by atoms with Gasteiger partial charge < -0.3 is 11.1 Å². The van der Waals surface area contributed by atoms with Crippen molar-refractivity contribution < 1.29 is 9.18 Å². The molecule has 1 heterocycles. The Labute approximate surface area is 87.0 Å². The molecule has 0 aliphatic heterocycles. The Balaban J connectivity index is 2.57. The highest BCUT2D eigenvalue weighted by Crippen LogP contribution is 2.09. The van der Waals surface area contributed by atoms with Crippen molar-refractivity contribution in [2.24, 2.45) is 0 Å². The summed E-state index contributed by atoms with van der Waals surface area (Å²) in [7, 11) is 0. The Morgan fingerprint density at radius 1 is 1.73 bits per heavy atom. The van der Waals surface area contributed by atoms with Crippen LogP contribution in [0.3, 0.4) is 0 Å². The summed E-state index contributed by atoms with van der Waals surface area (Å²) in [5.74, 6) is -0.771. The van der Waals surface area contributed by atoms with Gasteiger partial charge in [-0.2, -0.15) is 0 Å². The molecule has 0 saturated carbocycles. The van der Waals surface area contributed by atoms with Crippen LogP contribution in [-0.2, 0) is 4.79 Å². The second-order valence-corrected chi connectivity index (χ2v) is 2.98. The summed E-state index contributed by atoms with van der Waals surface area (Å²) < 4.78 is 12.9. The monoisotopic (exact) mass is 209 g/mol. The zero-order valence-electron chi connectivity index (χ0n) is 8.33. The number of rotatable bonds is 3. The third kappa shape index (κ3) is 3.76. The first kappa shape index (κ1) is 11.2. The van der Waals surface area contributed by atoms with E-state index < -0.39 is 5.82 Å². The van der Waals surface area contributed by atoms with Crippen LogP contribution in [0.4, 0.5) is 10.2 Å². The molecule has 0 spiro atoms. The van der Waals surface area contributed by atoms with Crippen molar-refractivity contribution >= 4 is 17.8 Å². The Morgan fingerprint density at radius 3 is 3.07 bits per heavy atom. The number of hydrogen-bond acceptors (Lipinski definition) is 3. The molecule has 1 aromatic rings. The molecule has 0 saturated heterocycles. The number of nitrogens with zero attached hydrogens (tertiary/aromatic N) is 1. The lowest BCUT2D eigenvalue weighted by molar-refractivity contribution is -0.118. The molecule has 0 aliphatic rings. The van der Waals surface area contributed by atoms with Crippen LogP contribution < -0.4 is 11.1 Å². The summed E-state index contributed by atoms with van der Waals surface area (Å²) in [6.07, 6.45) is 4.82. The lowest BCUT2D eigenvalue weighted by Gasteiger charge is -1.97. The molecule has 0 fully saturated rings. The van der Waals surface area contributed by atoms with Gasteiger partial charge in [0.05, 0.1) is 0 Å². The van der Waals surface area contributed by atoms with Crippen molar-refractivity contribution in [1.29, 1.82) is 0 Å². The molecule has 80 valence electrons. The topological polar surface area (TPSA) is 68.0 Å². The van der Waals surface area contributed by atoms with E-state index >= 15 is 0 Å². The van der Waals surface area contributed by atoms with Crippen LogP contribution in [0.1, 0.15) is 12.5 Å². The smallest absolute Gasteiger partial charge is 0.217 e. The predicted octanol–water partition coefficient (Wildman–Crippen LogP) is 0.952. The molecule has 0 radical (unpaired) electrons. The quantitative estimate of drug-likeness (QED) is 0.778. The number of amides is 1. The van der Waals surface area contributed by atoms with E-state index in [1.807, 2.05) is 0 Å². The van der Waals surface area contributed by atoms with E-state index in [9.17, 15) is 9.18 Å². The normalized spacial score (nSPS) is 10.5. The van der Waals surface area contributed by atoms with Crippen molar-refractivity contribution in [3.63, 3.8) is 0 Å². The summed E-state index contributed by atoms with van der Waals surface area (Å²) in [6, 6.07) is 1.28. The first-order chi connectivity index (χ1) is 7.09. The zero-order valence-corrected chi connectivity index (χ0v) is 8.33. The van der Waals surface area contributed by atoms with Crippen LogP contribution in [0, 0.1) is 5.82 Å². The lowest BCUT2D eigenvalue weighted by atomic mass is 10.2. The number of halogens is 1. The molecule has 3 N–H and O–H groups in total. The molecular weight excluding hydrogens is 197 g/mol. The molecule has 1 amide bonds. The van der Waals surface area contributed by atoms with Crippen LogP contribution in [0.2, 0.25) is 0 Å². The van der Waals surface area contributed by atoms with Gasteiger partial charge in [0.15, 0.2) is 11.6 Å². The largest absolute Gasteiger partial charge is 0.381 e. The minimum atomic E-state index is -0.545. The molecule has 0 aliphatic carbocycles. The molecule has 15 heavy (non-hydrogen) atoms. The fourth-order valence-corrected chi connectivity index (χ4v) is 0.952. The van der Waals surface area contributed by atoms with Gasteiger partial charge in [-0.1, -0.05) is 12.2 Å². The Morgan fingerprint density at radius 2 is 2.47 bits per heavy atom. The fraction of sp³-hybridized carbons (Fsp3) is 0.200. The molecule has 0 atom stereocenters. The molecule has 4 nitrogen and oxygen atoms in total. The molecule has 1 aromatic heterocycles. The minimum absolute atomic E-state index is 0.110. The van der Waals surface area contributed by atoms with E-state index in [1.165, 1.54) is 19.2 Å². The van der Waals surface area contributed by atoms with E-state index in [1.54, 1.807) is 12.2 Å². The van der Waals surface area contributed by atoms with Crippen LogP contribution in [0.25, 0.3) is 6.08 Å².